The van der Waals surface area contributed by atoms with Gasteiger partial charge in [0.2, 0.25) is 0 Å². The summed E-state index contributed by atoms with van der Waals surface area (Å²) in [4.78, 5) is 11.5. The number of nitrogens with one attached hydrogen (secondary N) is 1. The lowest BCUT2D eigenvalue weighted by molar-refractivity contribution is 0.101. The van der Waals surface area contributed by atoms with Crippen LogP contribution in [0, 0.1) is 0 Å². The van der Waals surface area contributed by atoms with E-state index in [4.69, 9.17) is 0 Å². The predicted octanol–water partition coefficient (Wildman–Crippen LogP) is 2.08. The highest BCUT2D eigenvalue weighted by atomic mass is 79.9. The van der Waals surface area contributed by atoms with Crippen LogP contribution >= 0.6 is 15.9 Å². The molecule has 0 aliphatic rings. The van der Waals surface area contributed by atoms with Gasteiger partial charge in [0.25, 0.3) is 5.91 Å². The lowest BCUT2D eigenvalue weighted by Gasteiger charge is -2.01. The number of rotatable bonds is 2. The Labute approximate surface area is 93.6 Å². The van der Waals surface area contributed by atoms with Gasteiger partial charge in [0.15, 0.2) is 5.69 Å². The molecule has 1 aromatic heterocycles. The second kappa shape index (κ2) is 4.22. The van der Waals surface area contributed by atoms with Gasteiger partial charge in [-0.1, -0.05) is 21.1 Å². The summed E-state index contributed by atoms with van der Waals surface area (Å²) in [7, 11) is 0. The predicted molar refractivity (Wildman–Crippen MR) is 56.4 cm³/mol. The van der Waals surface area contributed by atoms with Crippen LogP contribution in [0.4, 0.5) is 5.69 Å². The number of aromatic nitrogens is 2. The fraction of sp³-hybridized carbons (Fsp3) is 0. The number of carbonyl (C=O) groups excluding carboxylic acids is 1. The van der Waals surface area contributed by atoms with Gasteiger partial charge in [0.1, 0.15) is 6.20 Å². The first-order chi connectivity index (χ1) is 7.25. The number of nitrogens with zero attached hydrogens (tertiary/aromatic N) is 2. The van der Waals surface area contributed by atoms with Crippen molar-refractivity contribution < 1.29 is 9.42 Å². The van der Waals surface area contributed by atoms with E-state index >= 15 is 0 Å². The molecule has 5 nitrogen and oxygen atoms in total. The van der Waals surface area contributed by atoms with Gasteiger partial charge < -0.3 is 5.32 Å². The molecule has 1 amide bonds. The highest BCUT2D eigenvalue weighted by Crippen LogP contribution is 2.14. The summed E-state index contributed by atoms with van der Waals surface area (Å²) in [6.45, 7) is 0. The third-order valence-electron chi connectivity index (χ3n) is 1.70. The van der Waals surface area contributed by atoms with Crippen molar-refractivity contribution in [2.24, 2.45) is 0 Å². The minimum absolute atomic E-state index is 0.151. The molecule has 0 saturated heterocycles. The second-order valence-electron chi connectivity index (χ2n) is 2.75. The minimum Gasteiger partial charge on any atom is -0.320 e. The fourth-order valence-electron chi connectivity index (χ4n) is 0.993. The zero-order chi connectivity index (χ0) is 10.7. The molecule has 1 heterocycles. The number of halogens is 1. The Balaban J connectivity index is 2.09. The summed E-state index contributed by atoms with van der Waals surface area (Å²) in [5.74, 6) is -0.349. The average Bonchev–Trinajstić information content (AvgIpc) is 2.74. The smallest absolute Gasteiger partial charge is 0.279 e. The van der Waals surface area contributed by atoms with Crippen LogP contribution in [0.15, 0.2) is 39.6 Å². The fourth-order valence-corrected chi connectivity index (χ4v) is 1.26. The van der Waals surface area contributed by atoms with Crippen LogP contribution in [-0.4, -0.2) is 16.2 Å². The first-order valence-corrected chi connectivity index (χ1v) is 4.89. The van der Waals surface area contributed by atoms with Gasteiger partial charge >= 0.3 is 0 Å². The Morgan fingerprint density at radius 2 is 2.07 bits per heavy atom. The van der Waals surface area contributed by atoms with E-state index in [-0.39, 0.29) is 11.6 Å². The zero-order valence-electron chi connectivity index (χ0n) is 7.48. The van der Waals surface area contributed by atoms with Crippen molar-refractivity contribution in [2.75, 3.05) is 5.32 Å². The second-order valence-corrected chi connectivity index (χ2v) is 3.67. The van der Waals surface area contributed by atoms with Crippen molar-refractivity contribution in [3.05, 3.63) is 40.6 Å². The number of carbonyl (C=O) groups is 1. The summed E-state index contributed by atoms with van der Waals surface area (Å²) in [5.41, 5.74) is 0.837. The van der Waals surface area contributed by atoms with Crippen LogP contribution in [0.25, 0.3) is 0 Å². The van der Waals surface area contributed by atoms with Crippen LogP contribution in [0.5, 0.6) is 0 Å². The molecule has 0 fully saturated rings. The maximum Gasteiger partial charge on any atom is 0.279 e. The lowest BCUT2D eigenvalue weighted by atomic mass is 10.3. The Bertz CT molecular complexity index is 453. The minimum atomic E-state index is -0.349. The van der Waals surface area contributed by atoms with E-state index in [1.165, 1.54) is 6.20 Å². The third-order valence-corrected chi connectivity index (χ3v) is 2.22. The van der Waals surface area contributed by atoms with Gasteiger partial charge in [0.05, 0.1) is 0 Å². The summed E-state index contributed by atoms with van der Waals surface area (Å²) in [6.07, 6.45) is 1.26. The van der Waals surface area contributed by atoms with E-state index in [2.05, 4.69) is 36.2 Å². The van der Waals surface area contributed by atoms with Crippen molar-refractivity contribution in [1.82, 2.24) is 10.3 Å². The molecule has 1 aromatic carbocycles. The highest BCUT2D eigenvalue weighted by molar-refractivity contribution is 9.10. The molecular weight excluding hydrogens is 262 g/mol. The summed E-state index contributed by atoms with van der Waals surface area (Å²) in [6, 6.07) is 7.21. The molecule has 0 unspecified atom stereocenters. The van der Waals surface area contributed by atoms with Crippen molar-refractivity contribution >= 4 is 27.5 Å². The molecule has 2 aromatic rings. The molecule has 0 radical (unpaired) electrons. The van der Waals surface area contributed by atoms with Crippen LogP contribution in [0.2, 0.25) is 0 Å². The van der Waals surface area contributed by atoms with Crippen molar-refractivity contribution in [2.45, 2.75) is 0 Å². The van der Waals surface area contributed by atoms with Gasteiger partial charge in [-0.3, -0.25) is 4.79 Å². The molecule has 0 atom stereocenters. The van der Waals surface area contributed by atoms with Crippen molar-refractivity contribution in [1.29, 1.82) is 0 Å². The Hall–Kier alpha value is -1.69. The SMILES string of the molecule is O=C(Nc1ccc(Br)cc1)c1cnon1. The zero-order valence-corrected chi connectivity index (χ0v) is 9.06. The Morgan fingerprint density at radius 1 is 1.33 bits per heavy atom. The first-order valence-electron chi connectivity index (χ1n) is 4.10. The van der Waals surface area contributed by atoms with E-state index in [1.54, 1.807) is 12.1 Å². The molecule has 15 heavy (non-hydrogen) atoms. The van der Waals surface area contributed by atoms with Crippen molar-refractivity contribution in [3.8, 4) is 0 Å². The summed E-state index contributed by atoms with van der Waals surface area (Å²) < 4.78 is 5.27. The molecule has 0 spiro atoms. The van der Waals surface area contributed by atoms with Gasteiger partial charge in [-0.05, 0) is 29.4 Å². The Morgan fingerprint density at radius 3 is 2.67 bits per heavy atom. The van der Waals surface area contributed by atoms with E-state index in [0.29, 0.717) is 5.69 Å². The quantitative estimate of drug-likeness (QED) is 0.905. The molecule has 6 heteroatoms. The van der Waals surface area contributed by atoms with E-state index in [0.717, 1.165) is 4.47 Å². The normalized spacial score (nSPS) is 9.93. The van der Waals surface area contributed by atoms with Crippen LogP contribution in [0.3, 0.4) is 0 Å². The summed E-state index contributed by atoms with van der Waals surface area (Å²) >= 11 is 3.30. The molecule has 2 rings (SSSR count). The van der Waals surface area contributed by atoms with Gasteiger partial charge in [-0.15, -0.1) is 0 Å². The molecule has 76 valence electrons. The number of hydrogen-bond donors (Lipinski definition) is 1. The highest BCUT2D eigenvalue weighted by Gasteiger charge is 2.09. The average molecular weight is 268 g/mol. The lowest BCUT2D eigenvalue weighted by Crippen LogP contribution is -2.11. The molecule has 0 bridgehead atoms. The largest absolute Gasteiger partial charge is 0.320 e. The molecule has 0 aliphatic carbocycles. The van der Waals surface area contributed by atoms with E-state index in [1.807, 2.05) is 12.1 Å². The molecule has 0 saturated carbocycles. The van der Waals surface area contributed by atoms with Crippen molar-refractivity contribution in [3.63, 3.8) is 0 Å². The number of hydrogen-bond acceptors (Lipinski definition) is 4. The maximum atomic E-state index is 11.5. The van der Waals surface area contributed by atoms with Crippen LogP contribution in [-0.2, 0) is 0 Å². The third kappa shape index (κ3) is 2.41. The first kappa shape index (κ1) is 9.85. The maximum absolute atomic E-state index is 11.5. The topological polar surface area (TPSA) is 68.0 Å². The molecule has 0 aliphatic heterocycles. The van der Waals surface area contributed by atoms with Gasteiger partial charge in [-0.2, -0.15) is 0 Å². The number of anilines is 1. The van der Waals surface area contributed by atoms with E-state index in [9.17, 15) is 4.79 Å². The standard InChI is InChI=1S/C9H6BrN3O2/c10-6-1-3-7(4-2-6)12-9(14)8-5-11-15-13-8/h1-5H,(H,12,14). The van der Waals surface area contributed by atoms with Crippen LogP contribution in [0.1, 0.15) is 10.5 Å². The Kier molecular flexibility index (Phi) is 2.77. The molecule has 1 N–H and O–H groups in total. The monoisotopic (exact) mass is 267 g/mol. The van der Waals surface area contributed by atoms with Gasteiger partial charge in [-0.25, -0.2) is 4.63 Å². The van der Waals surface area contributed by atoms with Gasteiger partial charge in [0, 0.05) is 10.2 Å². The summed E-state index contributed by atoms with van der Waals surface area (Å²) in [5, 5.41) is 9.42. The molecular formula is C9H6BrN3O2. The van der Waals surface area contributed by atoms with E-state index < -0.39 is 0 Å². The number of benzene rings is 1. The number of amides is 1. The van der Waals surface area contributed by atoms with Crippen LogP contribution < -0.4 is 5.32 Å².